The number of amides is 1. The fraction of sp³-hybridized carbons (Fsp3) is 0.846. The lowest BCUT2D eigenvalue weighted by Gasteiger charge is -2.32. The molecule has 2 bridgehead atoms. The van der Waals surface area contributed by atoms with Crippen molar-refractivity contribution in [3.63, 3.8) is 0 Å². The highest BCUT2D eigenvalue weighted by atomic mass is 16.6. The molecule has 0 spiro atoms. The van der Waals surface area contributed by atoms with Gasteiger partial charge in [0.25, 0.3) is 0 Å². The summed E-state index contributed by atoms with van der Waals surface area (Å²) < 4.78 is 5.19. The fourth-order valence-electron chi connectivity index (χ4n) is 3.25. The van der Waals surface area contributed by atoms with Gasteiger partial charge in [-0.25, -0.2) is 4.79 Å². The summed E-state index contributed by atoms with van der Waals surface area (Å²) in [6.07, 6.45) is 2.54. The monoisotopic (exact) mass is 255 g/mol. The average Bonchev–Trinajstić information content (AvgIpc) is 2.72. The zero-order chi connectivity index (χ0) is 13.6. The Morgan fingerprint density at radius 2 is 2.06 bits per heavy atom. The van der Waals surface area contributed by atoms with Crippen LogP contribution < -0.4 is 5.32 Å². The lowest BCUT2D eigenvalue weighted by Crippen LogP contribution is -2.50. The number of rotatable bonds is 2. The molecule has 0 heterocycles. The van der Waals surface area contributed by atoms with Gasteiger partial charge in [0, 0.05) is 6.04 Å². The van der Waals surface area contributed by atoms with Crippen LogP contribution in [0.2, 0.25) is 0 Å². The van der Waals surface area contributed by atoms with Crippen LogP contribution in [0.25, 0.3) is 0 Å². The molecule has 2 N–H and O–H groups in total. The Hall–Kier alpha value is -1.26. The summed E-state index contributed by atoms with van der Waals surface area (Å²) in [4.78, 5) is 23.2. The molecule has 5 nitrogen and oxygen atoms in total. The molecule has 2 aliphatic carbocycles. The van der Waals surface area contributed by atoms with Gasteiger partial charge in [-0.05, 0) is 52.4 Å². The minimum atomic E-state index is -0.788. The molecular formula is C13H21NO4. The van der Waals surface area contributed by atoms with E-state index in [0.717, 1.165) is 12.8 Å². The van der Waals surface area contributed by atoms with E-state index in [1.165, 1.54) is 0 Å². The number of hydrogen-bond donors (Lipinski definition) is 2. The molecule has 18 heavy (non-hydrogen) atoms. The molecular weight excluding hydrogens is 234 g/mol. The van der Waals surface area contributed by atoms with Gasteiger partial charge >= 0.3 is 12.1 Å². The highest BCUT2D eigenvalue weighted by Gasteiger charge is 2.57. The van der Waals surface area contributed by atoms with Crippen LogP contribution in [0.3, 0.4) is 0 Å². The molecule has 2 fully saturated rings. The van der Waals surface area contributed by atoms with Crippen molar-refractivity contribution in [1.29, 1.82) is 0 Å². The highest BCUT2D eigenvalue weighted by molar-refractivity contribution is 5.78. The van der Waals surface area contributed by atoms with Gasteiger partial charge in [0.15, 0.2) is 0 Å². The zero-order valence-electron chi connectivity index (χ0n) is 11.2. The topological polar surface area (TPSA) is 75.6 Å². The van der Waals surface area contributed by atoms with Crippen molar-refractivity contribution in [2.75, 3.05) is 0 Å². The largest absolute Gasteiger partial charge is 0.481 e. The Bertz CT molecular complexity index is 374. The van der Waals surface area contributed by atoms with Crippen LogP contribution in [0.4, 0.5) is 4.79 Å². The van der Waals surface area contributed by atoms with Gasteiger partial charge in [-0.2, -0.15) is 0 Å². The van der Waals surface area contributed by atoms with Crippen LogP contribution in [0.15, 0.2) is 0 Å². The molecule has 2 saturated carbocycles. The molecule has 2 aliphatic rings. The summed E-state index contributed by atoms with van der Waals surface area (Å²) in [5.74, 6) is -0.357. The van der Waals surface area contributed by atoms with E-state index >= 15 is 0 Å². The molecule has 0 radical (unpaired) electrons. The minimum Gasteiger partial charge on any atom is -0.481 e. The van der Waals surface area contributed by atoms with Crippen molar-refractivity contribution in [3.8, 4) is 0 Å². The first-order chi connectivity index (χ1) is 8.23. The SMILES string of the molecule is CC(C)(C)OC(=O)N[C@H]1C[C@H]2CC[C@]1(C(=O)O)C2. The molecule has 2 rings (SSSR count). The van der Waals surface area contributed by atoms with E-state index in [1.807, 2.05) is 0 Å². The molecule has 0 unspecified atom stereocenters. The number of carboxylic acids is 1. The zero-order valence-corrected chi connectivity index (χ0v) is 11.2. The Morgan fingerprint density at radius 1 is 1.39 bits per heavy atom. The third-order valence-corrected chi connectivity index (χ3v) is 4.00. The maximum Gasteiger partial charge on any atom is 0.407 e. The van der Waals surface area contributed by atoms with Crippen LogP contribution in [-0.4, -0.2) is 28.8 Å². The van der Waals surface area contributed by atoms with Crippen molar-refractivity contribution in [2.24, 2.45) is 11.3 Å². The van der Waals surface area contributed by atoms with Crippen LogP contribution in [0.5, 0.6) is 0 Å². The number of fused-ring (bicyclic) bond motifs is 2. The van der Waals surface area contributed by atoms with Crippen molar-refractivity contribution in [3.05, 3.63) is 0 Å². The summed E-state index contributed by atoms with van der Waals surface area (Å²) in [5.41, 5.74) is -1.32. The minimum absolute atomic E-state index is 0.288. The van der Waals surface area contributed by atoms with E-state index in [4.69, 9.17) is 4.74 Å². The fourth-order valence-corrected chi connectivity index (χ4v) is 3.25. The van der Waals surface area contributed by atoms with Crippen molar-refractivity contribution in [1.82, 2.24) is 5.32 Å². The van der Waals surface area contributed by atoms with Gasteiger partial charge in [0.1, 0.15) is 5.60 Å². The molecule has 0 saturated heterocycles. The molecule has 5 heteroatoms. The van der Waals surface area contributed by atoms with Crippen molar-refractivity contribution >= 4 is 12.1 Å². The Labute approximate surface area is 107 Å². The molecule has 1 amide bonds. The van der Waals surface area contributed by atoms with Crippen molar-refractivity contribution in [2.45, 2.75) is 58.1 Å². The smallest absolute Gasteiger partial charge is 0.407 e. The first kappa shape index (κ1) is 13.2. The number of carbonyl (C=O) groups excluding carboxylic acids is 1. The van der Waals surface area contributed by atoms with E-state index in [9.17, 15) is 14.7 Å². The van der Waals surface area contributed by atoms with Crippen LogP contribution in [0.1, 0.15) is 46.5 Å². The number of alkyl carbamates (subject to hydrolysis) is 1. The van der Waals surface area contributed by atoms with E-state index in [0.29, 0.717) is 18.8 Å². The van der Waals surface area contributed by atoms with Gasteiger partial charge in [-0.3, -0.25) is 4.79 Å². The standard InChI is InChI=1S/C13H21NO4/c1-12(2,3)18-11(17)14-9-6-8-4-5-13(9,7-8)10(15)16/h8-9H,4-7H2,1-3H3,(H,14,17)(H,15,16)/t8-,9+,13+/m1/s1. The second-order valence-corrected chi connectivity index (χ2v) is 6.50. The molecule has 0 aromatic rings. The van der Waals surface area contributed by atoms with E-state index in [1.54, 1.807) is 20.8 Å². The van der Waals surface area contributed by atoms with Gasteiger partial charge < -0.3 is 15.2 Å². The van der Waals surface area contributed by atoms with Gasteiger partial charge in [0.2, 0.25) is 0 Å². The first-order valence-corrected chi connectivity index (χ1v) is 6.46. The van der Waals surface area contributed by atoms with E-state index in [2.05, 4.69) is 5.32 Å². The maximum atomic E-state index is 11.7. The number of hydrogen-bond acceptors (Lipinski definition) is 3. The van der Waals surface area contributed by atoms with E-state index < -0.39 is 23.1 Å². The predicted molar refractivity (Wildman–Crippen MR) is 65.2 cm³/mol. The summed E-state index contributed by atoms with van der Waals surface area (Å²) >= 11 is 0. The number of carbonyl (C=O) groups is 2. The van der Waals surface area contributed by atoms with E-state index in [-0.39, 0.29) is 6.04 Å². The first-order valence-electron chi connectivity index (χ1n) is 6.46. The molecule has 102 valence electrons. The van der Waals surface area contributed by atoms with Gasteiger partial charge in [-0.1, -0.05) is 0 Å². The second kappa shape index (κ2) is 4.14. The second-order valence-electron chi connectivity index (χ2n) is 6.50. The molecule has 3 atom stereocenters. The quantitative estimate of drug-likeness (QED) is 0.792. The summed E-state index contributed by atoms with van der Waals surface area (Å²) in [6, 6.07) is -0.288. The average molecular weight is 255 g/mol. The molecule has 0 aliphatic heterocycles. The highest BCUT2D eigenvalue weighted by Crippen LogP contribution is 2.54. The number of carboxylic acid groups (broad SMARTS) is 1. The molecule has 0 aromatic carbocycles. The maximum absolute atomic E-state index is 11.7. The Morgan fingerprint density at radius 3 is 2.56 bits per heavy atom. The molecule has 0 aromatic heterocycles. The van der Waals surface area contributed by atoms with Crippen molar-refractivity contribution < 1.29 is 19.4 Å². The van der Waals surface area contributed by atoms with Gasteiger partial charge in [-0.15, -0.1) is 0 Å². The lowest BCUT2D eigenvalue weighted by molar-refractivity contribution is -0.149. The predicted octanol–water partition coefficient (Wildman–Crippen LogP) is 2.15. The third-order valence-electron chi connectivity index (χ3n) is 4.00. The Balaban J connectivity index is 2.02. The lowest BCUT2D eigenvalue weighted by atomic mass is 9.80. The summed E-state index contributed by atoms with van der Waals surface area (Å²) in [6.45, 7) is 5.38. The number of nitrogens with one attached hydrogen (secondary N) is 1. The summed E-state index contributed by atoms with van der Waals surface area (Å²) in [5, 5.41) is 12.2. The number of aliphatic carboxylic acids is 1. The summed E-state index contributed by atoms with van der Waals surface area (Å²) in [7, 11) is 0. The van der Waals surface area contributed by atoms with Gasteiger partial charge in [0.05, 0.1) is 5.41 Å². The number of ether oxygens (including phenoxy) is 1. The van der Waals surface area contributed by atoms with Crippen LogP contribution in [-0.2, 0) is 9.53 Å². The van der Waals surface area contributed by atoms with Crippen LogP contribution in [0, 0.1) is 11.3 Å². The Kier molecular flexibility index (Phi) is 3.03. The third kappa shape index (κ3) is 2.31. The normalized spacial score (nSPS) is 34.4. The van der Waals surface area contributed by atoms with Crippen LogP contribution >= 0.6 is 0 Å².